The average molecular weight is 358 g/mol. The van der Waals surface area contributed by atoms with Crippen LogP contribution in [0.15, 0.2) is 0 Å². The second-order valence-corrected chi connectivity index (χ2v) is 5.11. The molecule has 104 valence electrons. The molecule has 0 radical (unpaired) electrons. The molecule has 3 nitrogen and oxygen atoms in total. The minimum Gasteiger partial charge on any atom is -0.382 e. The zero-order chi connectivity index (χ0) is 12.6. The highest BCUT2D eigenvalue weighted by atomic mass is 127. The monoisotopic (exact) mass is 358 g/mol. The van der Waals surface area contributed by atoms with E-state index in [0.717, 1.165) is 6.61 Å². The Balaban J connectivity index is 2.85. The zero-order valence-corrected chi connectivity index (χ0v) is 13.2. The summed E-state index contributed by atoms with van der Waals surface area (Å²) in [5.41, 5.74) is 0. The van der Waals surface area contributed by atoms with E-state index in [1.54, 1.807) is 7.11 Å². The van der Waals surface area contributed by atoms with Gasteiger partial charge in [-0.2, -0.15) is 0 Å². The third-order valence-electron chi connectivity index (χ3n) is 2.48. The molecule has 0 aliphatic heterocycles. The lowest BCUT2D eigenvalue weighted by molar-refractivity contribution is 0.0239. The summed E-state index contributed by atoms with van der Waals surface area (Å²) in [6, 6.07) is 0. The predicted octanol–water partition coefficient (Wildman–Crippen LogP) is 3.44. The van der Waals surface area contributed by atoms with Crippen molar-refractivity contribution in [2.75, 3.05) is 44.6 Å². The Labute approximate surface area is 120 Å². The second kappa shape index (κ2) is 16.6. The number of alkyl halides is 1. The maximum atomic E-state index is 5.47. The van der Waals surface area contributed by atoms with Crippen LogP contribution in [0.2, 0.25) is 0 Å². The molecule has 4 heteroatoms. The predicted molar refractivity (Wildman–Crippen MR) is 80.1 cm³/mol. The quantitative estimate of drug-likeness (QED) is 0.271. The van der Waals surface area contributed by atoms with E-state index >= 15 is 0 Å². The van der Waals surface area contributed by atoms with Crippen molar-refractivity contribution in [1.29, 1.82) is 0 Å². The van der Waals surface area contributed by atoms with Crippen molar-refractivity contribution in [2.45, 2.75) is 38.5 Å². The molecule has 0 aromatic rings. The first-order valence-electron chi connectivity index (χ1n) is 6.62. The van der Waals surface area contributed by atoms with Gasteiger partial charge in [0.25, 0.3) is 0 Å². The van der Waals surface area contributed by atoms with E-state index < -0.39 is 0 Å². The molecule has 0 N–H and O–H groups in total. The SMILES string of the molecule is COCCOCCOCCCCCCCCI. The van der Waals surface area contributed by atoms with Gasteiger partial charge in [0.05, 0.1) is 26.4 Å². The first-order chi connectivity index (χ1) is 8.41. The highest BCUT2D eigenvalue weighted by Gasteiger charge is 1.92. The first kappa shape index (κ1) is 17.6. The van der Waals surface area contributed by atoms with Crippen molar-refractivity contribution in [3.8, 4) is 0 Å². The number of methoxy groups -OCH3 is 1. The number of unbranched alkanes of at least 4 members (excludes halogenated alkanes) is 5. The summed E-state index contributed by atoms with van der Waals surface area (Å²) >= 11 is 2.44. The van der Waals surface area contributed by atoms with Crippen LogP contribution in [0.3, 0.4) is 0 Å². The standard InChI is InChI=1S/C13H27IO3/c1-15-10-11-17-13-12-16-9-7-5-3-2-4-6-8-14/h2-13H2,1H3. The van der Waals surface area contributed by atoms with Crippen LogP contribution in [0, 0.1) is 0 Å². The number of hydrogen-bond donors (Lipinski definition) is 0. The van der Waals surface area contributed by atoms with Crippen molar-refractivity contribution in [3.63, 3.8) is 0 Å². The summed E-state index contributed by atoms with van der Waals surface area (Å²) < 4.78 is 16.9. The topological polar surface area (TPSA) is 27.7 Å². The van der Waals surface area contributed by atoms with E-state index in [4.69, 9.17) is 14.2 Å². The van der Waals surface area contributed by atoms with Gasteiger partial charge in [-0.3, -0.25) is 0 Å². The van der Waals surface area contributed by atoms with E-state index in [9.17, 15) is 0 Å². The molecule has 0 amide bonds. The molecule has 0 rings (SSSR count). The van der Waals surface area contributed by atoms with Crippen molar-refractivity contribution in [3.05, 3.63) is 0 Å². The molecular formula is C13H27IO3. The highest BCUT2D eigenvalue weighted by molar-refractivity contribution is 14.1. The lowest BCUT2D eigenvalue weighted by Gasteiger charge is -2.05. The van der Waals surface area contributed by atoms with E-state index in [0.29, 0.717) is 26.4 Å². The van der Waals surface area contributed by atoms with Gasteiger partial charge in [0.1, 0.15) is 0 Å². The average Bonchev–Trinajstić information content (AvgIpc) is 2.35. The van der Waals surface area contributed by atoms with Gasteiger partial charge in [0.2, 0.25) is 0 Å². The smallest absolute Gasteiger partial charge is 0.0701 e. The Morgan fingerprint density at radius 3 is 1.82 bits per heavy atom. The summed E-state index contributed by atoms with van der Waals surface area (Å²) in [4.78, 5) is 0. The van der Waals surface area contributed by atoms with Crippen LogP contribution in [0.25, 0.3) is 0 Å². The molecule has 0 saturated carbocycles. The fourth-order valence-corrected chi connectivity index (χ4v) is 2.01. The van der Waals surface area contributed by atoms with Crippen LogP contribution >= 0.6 is 22.6 Å². The van der Waals surface area contributed by atoms with Crippen LogP contribution in [0.4, 0.5) is 0 Å². The lowest BCUT2D eigenvalue weighted by atomic mass is 10.1. The number of rotatable bonds is 14. The molecule has 0 fully saturated rings. The summed E-state index contributed by atoms with van der Waals surface area (Å²) in [6.45, 7) is 3.59. The van der Waals surface area contributed by atoms with Gasteiger partial charge in [-0.15, -0.1) is 0 Å². The lowest BCUT2D eigenvalue weighted by Crippen LogP contribution is -2.08. The van der Waals surface area contributed by atoms with Gasteiger partial charge in [0, 0.05) is 13.7 Å². The maximum Gasteiger partial charge on any atom is 0.0701 e. The van der Waals surface area contributed by atoms with E-state index in [2.05, 4.69) is 22.6 Å². The molecule has 0 aliphatic carbocycles. The van der Waals surface area contributed by atoms with E-state index in [1.807, 2.05) is 0 Å². The Kier molecular flexibility index (Phi) is 17.2. The van der Waals surface area contributed by atoms with Crippen LogP contribution in [-0.2, 0) is 14.2 Å². The Morgan fingerprint density at radius 1 is 0.647 bits per heavy atom. The van der Waals surface area contributed by atoms with Gasteiger partial charge in [-0.25, -0.2) is 0 Å². The van der Waals surface area contributed by atoms with E-state index in [1.165, 1.54) is 43.0 Å². The fraction of sp³-hybridized carbons (Fsp3) is 1.00. The van der Waals surface area contributed by atoms with Crippen LogP contribution in [-0.4, -0.2) is 44.6 Å². The van der Waals surface area contributed by atoms with Gasteiger partial charge in [-0.05, 0) is 17.3 Å². The molecule has 0 saturated heterocycles. The van der Waals surface area contributed by atoms with Gasteiger partial charge >= 0.3 is 0 Å². The number of halogens is 1. The third-order valence-corrected chi connectivity index (χ3v) is 3.24. The molecule has 0 aromatic carbocycles. The largest absolute Gasteiger partial charge is 0.382 e. The molecule has 0 bridgehead atoms. The third kappa shape index (κ3) is 16.6. The van der Waals surface area contributed by atoms with Gasteiger partial charge < -0.3 is 14.2 Å². The molecular weight excluding hydrogens is 331 g/mol. The van der Waals surface area contributed by atoms with Crippen LogP contribution in [0.5, 0.6) is 0 Å². The van der Waals surface area contributed by atoms with Crippen LogP contribution in [0.1, 0.15) is 38.5 Å². The Morgan fingerprint density at radius 2 is 1.18 bits per heavy atom. The Bertz CT molecular complexity index is 120. The minimum atomic E-state index is 0.663. The zero-order valence-electron chi connectivity index (χ0n) is 11.1. The number of ether oxygens (including phenoxy) is 3. The molecule has 0 heterocycles. The van der Waals surface area contributed by atoms with E-state index in [-0.39, 0.29) is 0 Å². The fourth-order valence-electron chi connectivity index (χ4n) is 1.47. The van der Waals surface area contributed by atoms with Gasteiger partial charge in [0.15, 0.2) is 0 Å². The second-order valence-electron chi connectivity index (χ2n) is 4.03. The minimum absolute atomic E-state index is 0.663. The summed E-state index contributed by atoms with van der Waals surface area (Å²) in [5, 5.41) is 0. The van der Waals surface area contributed by atoms with Crippen molar-refractivity contribution < 1.29 is 14.2 Å². The molecule has 0 atom stereocenters. The van der Waals surface area contributed by atoms with Crippen molar-refractivity contribution in [1.82, 2.24) is 0 Å². The summed E-state index contributed by atoms with van der Waals surface area (Å²) in [5.74, 6) is 0. The molecule has 17 heavy (non-hydrogen) atoms. The molecule has 0 aromatic heterocycles. The maximum absolute atomic E-state index is 5.47. The molecule has 0 spiro atoms. The Hall–Kier alpha value is 0.610. The van der Waals surface area contributed by atoms with Gasteiger partial charge in [-0.1, -0.05) is 48.3 Å². The summed E-state index contributed by atoms with van der Waals surface area (Å²) in [7, 11) is 1.68. The number of hydrogen-bond acceptors (Lipinski definition) is 3. The first-order valence-corrected chi connectivity index (χ1v) is 8.14. The highest BCUT2D eigenvalue weighted by Crippen LogP contribution is 2.06. The van der Waals surface area contributed by atoms with Crippen molar-refractivity contribution >= 4 is 22.6 Å². The van der Waals surface area contributed by atoms with Crippen molar-refractivity contribution in [2.24, 2.45) is 0 Å². The summed E-state index contributed by atoms with van der Waals surface area (Å²) in [6.07, 6.45) is 7.97. The molecule has 0 aliphatic rings. The normalized spacial score (nSPS) is 10.9. The molecule has 0 unspecified atom stereocenters. The van der Waals surface area contributed by atoms with Crippen LogP contribution < -0.4 is 0 Å².